The largest absolute Gasteiger partial charge is 0.398 e. The van der Waals surface area contributed by atoms with E-state index >= 15 is 0 Å². The number of hydrogen-bond acceptors (Lipinski definition) is 6. The maximum atomic E-state index is 6.21. The highest BCUT2D eigenvalue weighted by atomic mass is 15.3. The normalized spacial score (nSPS) is 13.8. The predicted octanol–water partition coefficient (Wildman–Crippen LogP) is 3.55. The third-order valence-corrected chi connectivity index (χ3v) is 4.51. The Morgan fingerprint density at radius 1 is 1.12 bits per heavy atom. The first-order chi connectivity index (χ1) is 12.8. The van der Waals surface area contributed by atoms with Gasteiger partial charge < -0.3 is 11.1 Å². The molecule has 128 valence electrons. The van der Waals surface area contributed by atoms with Crippen LogP contribution < -0.4 is 11.1 Å². The lowest BCUT2D eigenvalue weighted by atomic mass is 10.0. The van der Waals surface area contributed by atoms with Gasteiger partial charge in [0.2, 0.25) is 5.95 Å². The summed E-state index contributed by atoms with van der Waals surface area (Å²) < 4.78 is 1.99. The Labute approximate surface area is 149 Å². The monoisotopic (exact) mass is 343 g/mol. The minimum atomic E-state index is 0.524. The van der Waals surface area contributed by atoms with Crippen molar-refractivity contribution in [2.24, 2.45) is 0 Å². The number of rotatable bonds is 4. The van der Waals surface area contributed by atoms with Crippen LogP contribution in [0.15, 0.2) is 55.2 Å². The molecule has 7 nitrogen and oxygen atoms in total. The highest BCUT2D eigenvalue weighted by molar-refractivity contribution is 5.94. The lowest BCUT2D eigenvalue weighted by Crippen LogP contribution is -1.98. The molecular weight excluding hydrogens is 326 g/mol. The maximum absolute atomic E-state index is 6.21. The van der Waals surface area contributed by atoms with Crippen LogP contribution in [0.1, 0.15) is 18.9 Å². The molecule has 0 spiro atoms. The molecule has 3 N–H and O–H groups in total. The van der Waals surface area contributed by atoms with E-state index in [1.165, 1.54) is 12.8 Å². The van der Waals surface area contributed by atoms with Gasteiger partial charge in [-0.05, 0) is 36.6 Å². The van der Waals surface area contributed by atoms with Gasteiger partial charge in [-0.15, -0.1) is 0 Å². The summed E-state index contributed by atoms with van der Waals surface area (Å²) in [4.78, 5) is 13.2. The number of hydrogen-bond donors (Lipinski definition) is 2. The molecule has 0 atom stereocenters. The number of nitrogens with two attached hydrogens (primary N) is 1. The van der Waals surface area contributed by atoms with Gasteiger partial charge in [0.15, 0.2) is 0 Å². The predicted molar refractivity (Wildman–Crippen MR) is 101 cm³/mol. The van der Waals surface area contributed by atoms with Gasteiger partial charge in [0.05, 0.1) is 23.4 Å². The van der Waals surface area contributed by atoms with E-state index in [1.54, 1.807) is 18.6 Å². The number of nitrogens with zero attached hydrogens (tertiary/aromatic N) is 5. The summed E-state index contributed by atoms with van der Waals surface area (Å²) in [6.07, 6.45) is 11.5. The molecule has 0 saturated heterocycles. The van der Waals surface area contributed by atoms with Crippen LogP contribution in [0, 0.1) is 0 Å². The third kappa shape index (κ3) is 2.73. The molecule has 1 aliphatic rings. The summed E-state index contributed by atoms with van der Waals surface area (Å²) in [6, 6.07) is 8.38. The van der Waals surface area contributed by atoms with Gasteiger partial charge in [-0.2, -0.15) is 5.10 Å². The fraction of sp³-hybridized carbons (Fsp3) is 0.158. The van der Waals surface area contributed by atoms with Crippen molar-refractivity contribution >= 4 is 28.2 Å². The van der Waals surface area contributed by atoms with Crippen LogP contribution in [0.3, 0.4) is 0 Å². The number of fused-ring (bicyclic) bond motifs is 1. The standard InChI is InChI=1S/C19H17N7/c20-17-6-13(12-2-1-5-21-8-12)7-18-16(17)10-22-19(25-18)24-14-9-23-26(11-14)15-3-4-15/h1-2,5-11,15H,3-4,20H2,(H,22,24,25). The number of nitrogen functional groups attached to an aromatic ring is 1. The van der Waals surface area contributed by atoms with Crippen molar-refractivity contribution in [1.82, 2.24) is 24.7 Å². The van der Waals surface area contributed by atoms with Crippen molar-refractivity contribution in [3.05, 3.63) is 55.2 Å². The van der Waals surface area contributed by atoms with Crippen LogP contribution >= 0.6 is 0 Å². The van der Waals surface area contributed by atoms with Crippen molar-refractivity contribution in [2.75, 3.05) is 11.1 Å². The number of benzene rings is 1. The van der Waals surface area contributed by atoms with E-state index in [1.807, 2.05) is 41.3 Å². The Hall–Kier alpha value is -3.48. The first kappa shape index (κ1) is 14.8. The smallest absolute Gasteiger partial charge is 0.227 e. The molecule has 7 heteroatoms. The van der Waals surface area contributed by atoms with E-state index in [0.29, 0.717) is 17.7 Å². The lowest BCUT2D eigenvalue weighted by molar-refractivity contribution is 0.642. The molecule has 3 aromatic heterocycles. The van der Waals surface area contributed by atoms with Gasteiger partial charge in [-0.25, -0.2) is 9.97 Å². The van der Waals surface area contributed by atoms with Crippen molar-refractivity contribution < 1.29 is 0 Å². The first-order valence-corrected chi connectivity index (χ1v) is 8.54. The number of anilines is 3. The second-order valence-corrected chi connectivity index (χ2v) is 6.50. The summed E-state index contributed by atoms with van der Waals surface area (Å²) in [7, 11) is 0. The third-order valence-electron chi connectivity index (χ3n) is 4.51. The molecule has 1 aliphatic carbocycles. The topological polar surface area (TPSA) is 94.5 Å². The molecule has 0 radical (unpaired) electrons. The Morgan fingerprint density at radius 2 is 2.04 bits per heavy atom. The fourth-order valence-electron chi connectivity index (χ4n) is 2.99. The van der Waals surface area contributed by atoms with Gasteiger partial charge in [-0.1, -0.05) is 6.07 Å². The first-order valence-electron chi connectivity index (χ1n) is 8.54. The molecule has 1 aromatic carbocycles. The van der Waals surface area contributed by atoms with Crippen LogP contribution in [-0.2, 0) is 0 Å². The SMILES string of the molecule is Nc1cc(-c2cccnc2)cc2nc(Nc3cnn(C4CC4)c3)ncc12. The van der Waals surface area contributed by atoms with Crippen molar-refractivity contribution in [2.45, 2.75) is 18.9 Å². The summed E-state index contributed by atoms with van der Waals surface area (Å²) in [5.41, 5.74) is 10.5. The molecule has 0 aliphatic heterocycles. The van der Waals surface area contributed by atoms with Crippen molar-refractivity contribution in [1.29, 1.82) is 0 Å². The molecule has 0 bridgehead atoms. The Morgan fingerprint density at radius 3 is 2.85 bits per heavy atom. The van der Waals surface area contributed by atoms with Crippen LogP contribution in [0.5, 0.6) is 0 Å². The molecule has 26 heavy (non-hydrogen) atoms. The molecule has 3 heterocycles. The molecular formula is C19H17N7. The van der Waals surface area contributed by atoms with Gasteiger partial charge in [0.25, 0.3) is 0 Å². The number of nitrogens with one attached hydrogen (secondary N) is 1. The Balaban J connectivity index is 1.50. The number of aromatic nitrogens is 5. The quantitative estimate of drug-likeness (QED) is 0.550. The zero-order valence-corrected chi connectivity index (χ0v) is 14.0. The van der Waals surface area contributed by atoms with E-state index in [4.69, 9.17) is 5.73 Å². The van der Waals surface area contributed by atoms with Gasteiger partial charge in [-0.3, -0.25) is 9.67 Å². The van der Waals surface area contributed by atoms with E-state index < -0.39 is 0 Å². The summed E-state index contributed by atoms with van der Waals surface area (Å²) in [5, 5.41) is 8.43. The molecule has 0 unspecified atom stereocenters. The second-order valence-electron chi connectivity index (χ2n) is 6.50. The summed E-state index contributed by atoms with van der Waals surface area (Å²) in [5.74, 6) is 0.524. The maximum Gasteiger partial charge on any atom is 0.227 e. The lowest BCUT2D eigenvalue weighted by Gasteiger charge is -2.08. The molecule has 1 saturated carbocycles. The van der Waals surface area contributed by atoms with Crippen LogP contribution in [0.2, 0.25) is 0 Å². The number of pyridine rings is 1. The second kappa shape index (κ2) is 5.80. The summed E-state index contributed by atoms with van der Waals surface area (Å²) >= 11 is 0. The molecule has 5 rings (SSSR count). The van der Waals surface area contributed by atoms with E-state index in [9.17, 15) is 0 Å². The zero-order chi connectivity index (χ0) is 17.5. The fourth-order valence-corrected chi connectivity index (χ4v) is 2.99. The van der Waals surface area contributed by atoms with Crippen LogP contribution in [0.25, 0.3) is 22.0 Å². The van der Waals surface area contributed by atoms with Crippen molar-refractivity contribution in [3.63, 3.8) is 0 Å². The van der Waals surface area contributed by atoms with Crippen LogP contribution in [-0.4, -0.2) is 24.7 Å². The Bertz CT molecular complexity index is 1080. The highest BCUT2D eigenvalue weighted by Crippen LogP contribution is 2.35. The molecule has 0 amide bonds. The molecule has 4 aromatic rings. The molecule has 1 fully saturated rings. The van der Waals surface area contributed by atoms with Gasteiger partial charge in [0, 0.05) is 41.4 Å². The van der Waals surface area contributed by atoms with Crippen molar-refractivity contribution in [3.8, 4) is 11.1 Å². The van der Waals surface area contributed by atoms with E-state index in [-0.39, 0.29) is 0 Å². The Kier molecular flexibility index (Phi) is 3.31. The average Bonchev–Trinajstić information content (AvgIpc) is 3.42. The van der Waals surface area contributed by atoms with Crippen LogP contribution in [0.4, 0.5) is 17.3 Å². The van der Waals surface area contributed by atoms with E-state index in [0.717, 1.165) is 27.7 Å². The van der Waals surface area contributed by atoms with Gasteiger partial charge >= 0.3 is 0 Å². The summed E-state index contributed by atoms with van der Waals surface area (Å²) in [6.45, 7) is 0. The zero-order valence-electron chi connectivity index (χ0n) is 14.0. The minimum absolute atomic E-state index is 0.524. The van der Waals surface area contributed by atoms with Gasteiger partial charge in [0.1, 0.15) is 0 Å². The minimum Gasteiger partial charge on any atom is -0.398 e. The highest BCUT2D eigenvalue weighted by Gasteiger charge is 2.24. The van der Waals surface area contributed by atoms with E-state index in [2.05, 4.69) is 25.4 Å². The average molecular weight is 343 g/mol.